The summed E-state index contributed by atoms with van der Waals surface area (Å²) in [5.41, 5.74) is 3.81. The van der Waals surface area contributed by atoms with E-state index in [2.05, 4.69) is 30.1 Å². The van der Waals surface area contributed by atoms with Crippen molar-refractivity contribution in [1.29, 1.82) is 0 Å². The number of methoxy groups -OCH3 is 1. The van der Waals surface area contributed by atoms with Crippen molar-refractivity contribution in [1.82, 2.24) is 14.9 Å². The average molecular weight is 384 g/mol. The van der Waals surface area contributed by atoms with E-state index >= 15 is 0 Å². The molecule has 1 saturated heterocycles. The van der Waals surface area contributed by atoms with E-state index in [1.807, 2.05) is 4.90 Å². The Hall–Kier alpha value is -2.53. The van der Waals surface area contributed by atoms with Crippen molar-refractivity contribution in [3.63, 3.8) is 0 Å². The molecule has 0 bridgehead atoms. The Balaban J connectivity index is 1.48. The fraction of sp³-hybridized carbons (Fsp3) is 0.333. The summed E-state index contributed by atoms with van der Waals surface area (Å²) in [6.45, 7) is 3.46. The summed E-state index contributed by atoms with van der Waals surface area (Å²) in [5, 5.41) is 0.534. The number of nitrogens with zero attached hydrogens (tertiary/aromatic N) is 2. The van der Waals surface area contributed by atoms with Gasteiger partial charge in [-0.05, 0) is 55.7 Å². The third kappa shape index (κ3) is 3.52. The number of carbonyl (C=O) groups excluding carboxylic acids is 1. The highest BCUT2D eigenvalue weighted by molar-refractivity contribution is 6.31. The predicted molar refractivity (Wildman–Crippen MR) is 107 cm³/mol. The van der Waals surface area contributed by atoms with Crippen LogP contribution < -0.4 is 4.74 Å². The highest BCUT2D eigenvalue weighted by atomic mass is 35.5. The van der Waals surface area contributed by atoms with Gasteiger partial charge in [0.2, 0.25) is 0 Å². The van der Waals surface area contributed by atoms with Crippen LogP contribution in [0.2, 0.25) is 5.02 Å². The van der Waals surface area contributed by atoms with Crippen LogP contribution in [0.3, 0.4) is 0 Å². The van der Waals surface area contributed by atoms with Crippen molar-refractivity contribution in [2.24, 2.45) is 0 Å². The summed E-state index contributed by atoms with van der Waals surface area (Å²) in [5.74, 6) is 1.87. The first-order chi connectivity index (χ1) is 13.0. The minimum Gasteiger partial charge on any atom is -0.496 e. The van der Waals surface area contributed by atoms with Crippen molar-refractivity contribution < 1.29 is 9.53 Å². The maximum Gasteiger partial charge on any atom is 0.257 e. The summed E-state index contributed by atoms with van der Waals surface area (Å²) in [6.07, 6.45) is 1.76. The van der Waals surface area contributed by atoms with Crippen molar-refractivity contribution in [2.75, 3.05) is 20.2 Å². The zero-order valence-electron chi connectivity index (χ0n) is 15.5. The van der Waals surface area contributed by atoms with Crippen LogP contribution in [0.15, 0.2) is 36.4 Å². The number of benzene rings is 2. The summed E-state index contributed by atoms with van der Waals surface area (Å²) < 4.78 is 5.32. The molecule has 1 N–H and O–H groups in total. The highest BCUT2D eigenvalue weighted by Crippen LogP contribution is 2.30. The molecule has 5 nitrogen and oxygen atoms in total. The highest BCUT2D eigenvalue weighted by Gasteiger charge is 2.27. The Morgan fingerprint density at radius 2 is 2.00 bits per heavy atom. The van der Waals surface area contributed by atoms with Gasteiger partial charge in [-0.15, -0.1) is 0 Å². The smallest absolute Gasteiger partial charge is 0.257 e. The molecule has 4 rings (SSSR count). The molecule has 1 aliphatic rings. The molecule has 1 aromatic heterocycles. The third-order valence-electron chi connectivity index (χ3n) is 5.22. The van der Waals surface area contributed by atoms with E-state index in [9.17, 15) is 4.79 Å². The van der Waals surface area contributed by atoms with Crippen LogP contribution >= 0.6 is 11.6 Å². The SMILES string of the molecule is COc1ccc(Cl)cc1C(=O)N1CCC(c2nc3ccc(C)cc3[nH]2)CC1. The number of amides is 1. The summed E-state index contributed by atoms with van der Waals surface area (Å²) in [4.78, 5) is 23.0. The Morgan fingerprint density at radius 1 is 1.22 bits per heavy atom. The van der Waals surface area contributed by atoms with Crippen LogP contribution in [0.25, 0.3) is 11.0 Å². The van der Waals surface area contributed by atoms with E-state index in [-0.39, 0.29) is 5.91 Å². The van der Waals surface area contributed by atoms with Gasteiger partial charge in [-0.25, -0.2) is 4.98 Å². The second-order valence-corrected chi connectivity index (χ2v) is 7.49. The molecule has 27 heavy (non-hydrogen) atoms. The minimum absolute atomic E-state index is 0.0342. The van der Waals surface area contributed by atoms with Gasteiger partial charge in [0.05, 0.1) is 23.7 Å². The van der Waals surface area contributed by atoms with Gasteiger partial charge in [-0.1, -0.05) is 17.7 Å². The van der Waals surface area contributed by atoms with Gasteiger partial charge in [0.15, 0.2) is 0 Å². The fourth-order valence-corrected chi connectivity index (χ4v) is 3.88. The summed E-state index contributed by atoms with van der Waals surface area (Å²) in [6, 6.07) is 11.4. The van der Waals surface area contributed by atoms with Crippen molar-refractivity contribution in [3.05, 3.63) is 58.4 Å². The number of imidazole rings is 1. The maximum absolute atomic E-state index is 12.9. The van der Waals surface area contributed by atoms with Crippen molar-refractivity contribution in [2.45, 2.75) is 25.7 Å². The molecule has 1 amide bonds. The normalized spacial score (nSPS) is 15.3. The largest absolute Gasteiger partial charge is 0.496 e. The molecule has 140 valence electrons. The van der Waals surface area contributed by atoms with Gasteiger partial charge in [-0.2, -0.15) is 0 Å². The number of H-pyrrole nitrogens is 1. The number of nitrogens with one attached hydrogen (secondary N) is 1. The van der Waals surface area contributed by atoms with Crippen LogP contribution in [0, 0.1) is 6.92 Å². The number of hydrogen-bond acceptors (Lipinski definition) is 3. The fourth-order valence-electron chi connectivity index (χ4n) is 3.71. The van der Waals surface area contributed by atoms with Gasteiger partial charge in [0.25, 0.3) is 5.91 Å². The predicted octanol–water partition coefficient (Wildman–Crippen LogP) is 4.55. The lowest BCUT2D eigenvalue weighted by Crippen LogP contribution is -2.38. The van der Waals surface area contributed by atoms with Gasteiger partial charge >= 0.3 is 0 Å². The first kappa shape index (κ1) is 17.9. The Kier molecular flexibility index (Phi) is 4.79. The molecule has 2 heterocycles. The molecule has 0 atom stereocenters. The van der Waals surface area contributed by atoms with Crippen LogP contribution in [0.4, 0.5) is 0 Å². The number of hydrogen-bond donors (Lipinski definition) is 1. The van der Waals surface area contributed by atoms with Crippen LogP contribution in [0.1, 0.15) is 40.5 Å². The summed E-state index contributed by atoms with van der Waals surface area (Å²) in [7, 11) is 1.57. The van der Waals surface area contributed by atoms with E-state index in [1.54, 1.807) is 25.3 Å². The van der Waals surface area contributed by atoms with Gasteiger partial charge in [0.1, 0.15) is 11.6 Å². The van der Waals surface area contributed by atoms with Crippen molar-refractivity contribution >= 4 is 28.5 Å². The number of halogens is 1. The van der Waals surface area contributed by atoms with E-state index in [0.29, 0.717) is 35.3 Å². The first-order valence-electron chi connectivity index (χ1n) is 9.14. The summed E-state index contributed by atoms with van der Waals surface area (Å²) >= 11 is 6.07. The molecule has 0 radical (unpaired) electrons. The Bertz CT molecular complexity index is 990. The van der Waals surface area contributed by atoms with Crippen LogP contribution in [-0.2, 0) is 0 Å². The van der Waals surface area contributed by atoms with E-state index in [4.69, 9.17) is 21.3 Å². The number of aromatic nitrogens is 2. The van der Waals surface area contributed by atoms with Crippen molar-refractivity contribution in [3.8, 4) is 5.75 Å². The number of carbonyl (C=O) groups is 1. The van der Waals surface area contributed by atoms with Gasteiger partial charge in [0, 0.05) is 24.0 Å². The molecule has 3 aromatic rings. The van der Waals surface area contributed by atoms with E-state index in [1.165, 1.54) is 5.56 Å². The van der Waals surface area contributed by atoms with E-state index < -0.39 is 0 Å². The Labute approximate surface area is 163 Å². The second kappa shape index (κ2) is 7.24. The molecular weight excluding hydrogens is 362 g/mol. The quantitative estimate of drug-likeness (QED) is 0.721. The molecule has 1 aliphatic heterocycles. The topological polar surface area (TPSA) is 58.2 Å². The number of ether oxygens (including phenoxy) is 1. The standard InChI is InChI=1S/C21H22ClN3O2/c1-13-3-5-17-18(11-13)24-20(23-17)14-7-9-25(10-8-14)21(26)16-12-15(22)4-6-19(16)27-2/h3-6,11-12,14H,7-10H2,1-2H3,(H,23,24). The monoisotopic (exact) mass is 383 g/mol. The lowest BCUT2D eigenvalue weighted by atomic mass is 9.95. The van der Waals surface area contributed by atoms with E-state index in [0.717, 1.165) is 29.7 Å². The molecule has 1 fully saturated rings. The lowest BCUT2D eigenvalue weighted by molar-refractivity contribution is 0.0708. The molecule has 0 saturated carbocycles. The third-order valence-corrected chi connectivity index (χ3v) is 5.45. The number of likely N-dealkylation sites (tertiary alicyclic amines) is 1. The van der Waals surface area contributed by atoms with Gasteiger partial charge < -0.3 is 14.6 Å². The molecule has 6 heteroatoms. The Morgan fingerprint density at radius 3 is 2.74 bits per heavy atom. The van der Waals surface area contributed by atoms with Crippen LogP contribution in [0.5, 0.6) is 5.75 Å². The maximum atomic E-state index is 12.9. The number of aryl methyl sites for hydroxylation is 1. The number of aromatic amines is 1. The first-order valence-corrected chi connectivity index (χ1v) is 9.52. The minimum atomic E-state index is -0.0342. The molecule has 0 spiro atoms. The average Bonchev–Trinajstić information content (AvgIpc) is 3.10. The zero-order chi connectivity index (χ0) is 19.0. The molecule has 0 aliphatic carbocycles. The number of fused-ring (bicyclic) bond motifs is 1. The molecule has 2 aromatic carbocycles. The van der Waals surface area contributed by atoms with Crippen LogP contribution in [-0.4, -0.2) is 41.0 Å². The number of piperidine rings is 1. The number of rotatable bonds is 3. The molecular formula is C21H22ClN3O2. The molecule has 0 unspecified atom stereocenters. The lowest BCUT2D eigenvalue weighted by Gasteiger charge is -2.31. The zero-order valence-corrected chi connectivity index (χ0v) is 16.2. The second-order valence-electron chi connectivity index (χ2n) is 7.05. The van der Waals surface area contributed by atoms with Gasteiger partial charge in [-0.3, -0.25) is 4.79 Å².